The van der Waals surface area contributed by atoms with E-state index in [1.165, 1.54) is 7.11 Å². The number of phenols is 2. The number of benzene rings is 1. The van der Waals surface area contributed by atoms with Crippen molar-refractivity contribution in [1.82, 2.24) is 5.32 Å². The fraction of sp³-hybridized carbons (Fsp3) is 0.500. The van der Waals surface area contributed by atoms with Crippen LogP contribution in [0.5, 0.6) is 17.2 Å². The molecule has 0 aromatic heterocycles. The summed E-state index contributed by atoms with van der Waals surface area (Å²) < 4.78 is 18.9. The van der Waals surface area contributed by atoms with Crippen molar-refractivity contribution < 1.29 is 19.3 Å². The van der Waals surface area contributed by atoms with E-state index in [1.807, 2.05) is 0 Å². The molecule has 1 saturated heterocycles. The molecule has 17 heavy (non-hydrogen) atoms. The summed E-state index contributed by atoms with van der Waals surface area (Å²) in [6.45, 7) is 0.779. The second-order valence-corrected chi connectivity index (χ2v) is 4.18. The van der Waals surface area contributed by atoms with Gasteiger partial charge in [-0.25, -0.2) is 4.39 Å². The first-order chi connectivity index (χ1) is 8.15. The van der Waals surface area contributed by atoms with Crippen molar-refractivity contribution in [1.29, 1.82) is 0 Å². The zero-order chi connectivity index (χ0) is 12.4. The quantitative estimate of drug-likeness (QED) is 0.693. The molecular formula is C12H16FNO3. The lowest BCUT2D eigenvalue weighted by Gasteiger charge is -2.25. The van der Waals surface area contributed by atoms with E-state index < -0.39 is 11.6 Å². The number of aromatic hydroxyl groups is 2. The number of phenolic OH excluding ortho intramolecular Hbond substituents is 2. The van der Waals surface area contributed by atoms with Crippen LogP contribution in [0.3, 0.4) is 0 Å². The highest BCUT2D eigenvalue weighted by Gasteiger charge is 2.26. The average molecular weight is 241 g/mol. The Morgan fingerprint density at radius 3 is 2.76 bits per heavy atom. The van der Waals surface area contributed by atoms with Crippen LogP contribution in [0.2, 0.25) is 0 Å². The molecule has 0 spiro atoms. The van der Waals surface area contributed by atoms with Crippen LogP contribution in [0.25, 0.3) is 0 Å². The van der Waals surface area contributed by atoms with Crippen LogP contribution >= 0.6 is 0 Å². The SMILES string of the molecule is COc1cc(O)c(O)c(C2CCCCN2)c1F. The van der Waals surface area contributed by atoms with Crippen molar-refractivity contribution in [3.05, 3.63) is 17.4 Å². The van der Waals surface area contributed by atoms with Gasteiger partial charge in [0.2, 0.25) is 0 Å². The number of hydrogen-bond acceptors (Lipinski definition) is 4. The normalized spacial score (nSPS) is 20.2. The minimum Gasteiger partial charge on any atom is -0.504 e. The summed E-state index contributed by atoms with van der Waals surface area (Å²) in [4.78, 5) is 0. The highest BCUT2D eigenvalue weighted by atomic mass is 19.1. The van der Waals surface area contributed by atoms with Gasteiger partial charge in [0.25, 0.3) is 0 Å². The first-order valence-electron chi connectivity index (χ1n) is 5.67. The Labute approximate surface area is 99.0 Å². The second-order valence-electron chi connectivity index (χ2n) is 4.18. The maximum atomic E-state index is 14.1. The summed E-state index contributed by atoms with van der Waals surface area (Å²) >= 11 is 0. The Morgan fingerprint density at radius 1 is 1.41 bits per heavy atom. The lowest BCUT2D eigenvalue weighted by molar-refractivity contribution is 0.335. The topological polar surface area (TPSA) is 61.7 Å². The maximum Gasteiger partial charge on any atom is 0.173 e. The number of hydrogen-bond donors (Lipinski definition) is 3. The highest BCUT2D eigenvalue weighted by molar-refractivity contribution is 5.52. The van der Waals surface area contributed by atoms with Gasteiger partial charge in [0.05, 0.1) is 12.7 Å². The van der Waals surface area contributed by atoms with Gasteiger partial charge >= 0.3 is 0 Å². The van der Waals surface area contributed by atoms with Gasteiger partial charge in [-0.15, -0.1) is 0 Å². The van der Waals surface area contributed by atoms with E-state index in [2.05, 4.69) is 5.32 Å². The van der Waals surface area contributed by atoms with E-state index in [0.717, 1.165) is 31.9 Å². The zero-order valence-electron chi connectivity index (χ0n) is 9.66. The molecule has 1 aliphatic heterocycles. The van der Waals surface area contributed by atoms with E-state index in [1.54, 1.807) is 0 Å². The van der Waals surface area contributed by atoms with Crippen molar-refractivity contribution in [2.24, 2.45) is 0 Å². The lowest BCUT2D eigenvalue weighted by atomic mass is 9.95. The average Bonchev–Trinajstić information content (AvgIpc) is 2.35. The van der Waals surface area contributed by atoms with Crippen LogP contribution in [0.15, 0.2) is 6.07 Å². The smallest absolute Gasteiger partial charge is 0.173 e. The van der Waals surface area contributed by atoms with Gasteiger partial charge < -0.3 is 20.3 Å². The van der Waals surface area contributed by atoms with Crippen molar-refractivity contribution in [3.8, 4) is 17.2 Å². The third-order valence-corrected chi connectivity index (χ3v) is 3.10. The molecule has 4 nitrogen and oxygen atoms in total. The first-order valence-corrected chi connectivity index (χ1v) is 5.67. The number of halogens is 1. The molecule has 3 N–H and O–H groups in total. The van der Waals surface area contributed by atoms with Gasteiger partial charge in [-0.2, -0.15) is 0 Å². The van der Waals surface area contributed by atoms with Crippen LogP contribution in [0.1, 0.15) is 30.9 Å². The van der Waals surface area contributed by atoms with E-state index >= 15 is 0 Å². The molecule has 0 amide bonds. The predicted octanol–water partition coefficient (Wildman–Crippen LogP) is 2.06. The highest BCUT2D eigenvalue weighted by Crippen LogP contribution is 2.42. The second kappa shape index (κ2) is 4.79. The number of methoxy groups -OCH3 is 1. The molecule has 0 bridgehead atoms. The fourth-order valence-electron chi connectivity index (χ4n) is 2.20. The molecule has 0 saturated carbocycles. The molecule has 0 radical (unpaired) electrons. The van der Waals surface area contributed by atoms with Crippen LogP contribution < -0.4 is 10.1 Å². The number of ether oxygens (including phenoxy) is 1. The standard InChI is InChI=1S/C12H16FNO3/c1-17-9-6-8(15)12(16)10(11(9)13)7-4-2-3-5-14-7/h6-7,14-16H,2-5H2,1H3. The summed E-state index contributed by atoms with van der Waals surface area (Å²) in [7, 11) is 1.33. The molecule has 5 heteroatoms. The molecule has 1 heterocycles. The van der Waals surface area contributed by atoms with Gasteiger partial charge in [0.15, 0.2) is 23.1 Å². The summed E-state index contributed by atoms with van der Waals surface area (Å²) in [5, 5.41) is 22.4. The van der Waals surface area contributed by atoms with Crippen LogP contribution in [0.4, 0.5) is 4.39 Å². The molecule has 1 atom stereocenters. The Kier molecular flexibility index (Phi) is 3.38. The van der Waals surface area contributed by atoms with Gasteiger partial charge in [0, 0.05) is 12.1 Å². The molecule has 1 fully saturated rings. The summed E-state index contributed by atoms with van der Waals surface area (Å²) in [6.07, 6.45) is 2.74. The molecule has 1 aromatic rings. The Balaban J connectivity index is 2.46. The van der Waals surface area contributed by atoms with Crippen LogP contribution in [0, 0.1) is 5.82 Å². The molecule has 1 aliphatic rings. The Bertz CT molecular complexity index is 417. The van der Waals surface area contributed by atoms with E-state index in [0.29, 0.717) is 0 Å². The Morgan fingerprint density at radius 2 is 2.18 bits per heavy atom. The van der Waals surface area contributed by atoms with Crippen molar-refractivity contribution in [3.63, 3.8) is 0 Å². The summed E-state index contributed by atoms with van der Waals surface area (Å²) in [6, 6.07) is 0.807. The molecule has 1 aromatic carbocycles. The monoisotopic (exact) mass is 241 g/mol. The van der Waals surface area contributed by atoms with Gasteiger partial charge in [-0.1, -0.05) is 6.42 Å². The molecule has 1 unspecified atom stereocenters. The number of nitrogens with one attached hydrogen (secondary N) is 1. The lowest BCUT2D eigenvalue weighted by Crippen LogP contribution is -2.27. The molecule has 94 valence electrons. The largest absolute Gasteiger partial charge is 0.504 e. The fourth-order valence-corrected chi connectivity index (χ4v) is 2.20. The third kappa shape index (κ3) is 2.15. The van der Waals surface area contributed by atoms with Gasteiger partial charge in [-0.05, 0) is 19.4 Å². The van der Waals surface area contributed by atoms with Gasteiger partial charge in [0.1, 0.15) is 0 Å². The van der Waals surface area contributed by atoms with Crippen molar-refractivity contribution in [2.45, 2.75) is 25.3 Å². The molecule has 2 rings (SSSR count). The minimum absolute atomic E-state index is 0.0531. The van der Waals surface area contributed by atoms with Gasteiger partial charge in [-0.3, -0.25) is 0 Å². The first kappa shape index (κ1) is 12.0. The minimum atomic E-state index is -0.609. The zero-order valence-corrected chi connectivity index (χ0v) is 9.66. The van der Waals surface area contributed by atoms with E-state index in [4.69, 9.17) is 4.74 Å². The summed E-state index contributed by atoms with van der Waals surface area (Å²) in [5.41, 5.74) is 0.0987. The molecule has 0 aliphatic carbocycles. The van der Waals surface area contributed by atoms with E-state index in [-0.39, 0.29) is 23.1 Å². The van der Waals surface area contributed by atoms with Crippen LogP contribution in [-0.2, 0) is 0 Å². The van der Waals surface area contributed by atoms with E-state index in [9.17, 15) is 14.6 Å². The predicted molar refractivity (Wildman–Crippen MR) is 60.9 cm³/mol. The van der Waals surface area contributed by atoms with Crippen molar-refractivity contribution >= 4 is 0 Å². The van der Waals surface area contributed by atoms with Crippen molar-refractivity contribution in [2.75, 3.05) is 13.7 Å². The Hall–Kier alpha value is -1.49. The maximum absolute atomic E-state index is 14.1. The third-order valence-electron chi connectivity index (χ3n) is 3.10. The molecular weight excluding hydrogens is 225 g/mol. The number of piperidine rings is 1. The van der Waals surface area contributed by atoms with Crippen LogP contribution in [-0.4, -0.2) is 23.9 Å². The number of rotatable bonds is 2. The summed E-state index contributed by atoms with van der Waals surface area (Å²) in [5.74, 6) is -1.42.